The zero-order chi connectivity index (χ0) is 20.3. The topological polar surface area (TPSA) is 57.7 Å². The SMILES string of the molecule is Cc1ccc(C(=O)N(C)Cc2ccc(Cl)cc2)cc1S(=O)(=O)N1CCCCC1. The van der Waals surface area contributed by atoms with Gasteiger partial charge in [-0.05, 0) is 55.2 Å². The van der Waals surface area contributed by atoms with E-state index in [2.05, 4.69) is 0 Å². The summed E-state index contributed by atoms with van der Waals surface area (Å²) < 4.78 is 27.7. The summed E-state index contributed by atoms with van der Waals surface area (Å²) in [5.41, 5.74) is 1.98. The predicted molar refractivity (Wildman–Crippen MR) is 111 cm³/mol. The molecule has 0 saturated carbocycles. The van der Waals surface area contributed by atoms with Gasteiger partial charge in [0.05, 0.1) is 4.90 Å². The first-order valence-electron chi connectivity index (χ1n) is 9.40. The highest BCUT2D eigenvalue weighted by Gasteiger charge is 2.28. The fourth-order valence-corrected chi connectivity index (χ4v) is 5.31. The average molecular weight is 421 g/mol. The fourth-order valence-electron chi connectivity index (χ4n) is 3.41. The van der Waals surface area contributed by atoms with Crippen LogP contribution in [0, 0.1) is 6.92 Å². The molecular weight excluding hydrogens is 396 g/mol. The van der Waals surface area contributed by atoms with Crippen molar-refractivity contribution in [1.82, 2.24) is 9.21 Å². The molecule has 1 saturated heterocycles. The number of aryl methyl sites for hydroxylation is 1. The Bertz CT molecular complexity index is 952. The highest BCUT2D eigenvalue weighted by Crippen LogP contribution is 2.25. The van der Waals surface area contributed by atoms with Crippen LogP contribution in [0.3, 0.4) is 0 Å². The smallest absolute Gasteiger partial charge is 0.253 e. The van der Waals surface area contributed by atoms with Crippen molar-refractivity contribution >= 4 is 27.5 Å². The number of benzene rings is 2. The average Bonchev–Trinajstić information content (AvgIpc) is 2.70. The van der Waals surface area contributed by atoms with Crippen molar-refractivity contribution in [3.05, 3.63) is 64.2 Å². The Morgan fingerprint density at radius 3 is 2.36 bits per heavy atom. The molecule has 0 atom stereocenters. The Kier molecular flexibility index (Phi) is 6.43. The second-order valence-corrected chi connectivity index (χ2v) is 9.58. The molecule has 2 aromatic carbocycles. The molecule has 1 amide bonds. The van der Waals surface area contributed by atoms with Gasteiger partial charge in [-0.2, -0.15) is 4.31 Å². The highest BCUT2D eigenvalue weighted by molar-refractivity contribution is 7.89. The lowest BCUT2D eigenvalue weighted by Gasteiger charge is -2.27. The quantitative estimate of drug-likeness (QED) is 0.731. The van der Waals surface area contributed by atoms with E-state index in [0.29, 0.717) is 35.8 Å². The molecule has 28 heavy (non-hydrogen) atoms. The number of sulfonamides is 1. The monoisotopic (exact) mass is 420 g/mol. The van der Waals surface area contributed by atoms with Crippen molar-refractivity contribution in [2.75, 3.05) is 20.1 Å². The summed E-state index contributed by atoms with van der Waals surface area (Å²) in [6.07, 6.45) is 2.81. The van der Waals surface area contributed by atoms with E-state index >= 15 is 0 Å². The predicted octanol–water partition coefficient (Wildman–Crippen LogP) is 4.10. The first kappa shape index (κ1) is 20.8. The minimum absolute atomic E-state index is 0.218. The van der Waals surface area contributed by atoms with Gasteiger partial charge in [-0.25, -0.2) is 8.42 Å². The van der Waals surface area contributed by atoms with Gasteiger partial charge in [0.25, 0.3) is 5.91 Å². The van der Waals surface area contributed by atoms with Crippen LogP contribution < -0.4 is 0 Å². The summed E-state index contributed by atoms with van der Waals surface area (Å²) in [6, 6.07) is 12.2. The molecule has 0 N–H and O–H groups in total. The van der Waals surface area contributed by atoms with Crippen molar-refractivity contribution in [2.24, 2.45) is 0 Å². The first-order chi connectivity index (χ1) is 13.3. The second-order valence-electron chi connectivity index (χ2n) is 7.23. The molecule has 0 aliphatic carbocycles. The molecule has 5 nitrogen and oxygen atoms in total. The summed E-state index contributed by atoms with van der Waals surface area (Å²) in [4.78, 5) is 14.7. The van der Waals surface area contributed by atoms with Crippen LogP contribution in [0.4, 0.5) is 0 Å². The van der Waals surface area contributed by atoms with Crippen LogP contribution in [-0.4, -0.2) is 43.7 Å². The minimum atomic E-state index is -3.59. The van der Waals surface area contributed by atoms with E-state index in [9.17, 15) is 13.2 Å². The van der Waals surface area contributed by atoms with Gasteiger partial charge < -0.3 is 4.90 Å². The molecule has 1 aliphatic rings. The zero-order valence-corrected chi connectivity index (χ0v) is 17.8. The lowest BCUT2D eigenvalue weighted by molar-refractivity contribution is 0.0785. The minimum Gasteiger partial charge on any atom is -0.337 e. The molecule has 0 aromatic heterocycles. The van der Waals surface area contributed by atoms with Gasteiger partial charge in [-0.3, -0.25) is 4.79 Å². The third-order valence-corrected chi connectivity index (χ3v) is 7.34. The van der Waals surface area contributed by atoms with Crippen LogP contribution in [-0.2, 0) is 16.6 Å². The standard InChI is InChI=1S/C21H25ClN2O3S/c1-16-6-9-18(14-20(16)28(26,27)24-12-4-3-5-13-24)21(25)23(2)15-17-7-10-19(22)11-8-17/h6-11,14H,3-5,12-13,15H2,1-2H3. The highest BCUT2D eigenvalue weighted by atomic mass is 35.5. The van der Waals surface area contributed by atoms with E-state index in [1.165, 1.54) is 10.4 Å². The molecule has 1 fully saturated rings. The lowest BCUT2D eigenvalue weighted by Crippen LogP contribution is -2.36. The molecular formula is C21H25ClN2O3S. The van der Waals surface area contributed by atoms with Crippen molar-refractivity contribution in [3.63, 3.8) is 0 Å². The van der Waals surface area contributed by atoms with Gasteiger partial charge in [0.1, 0.15) is 0 Å². The molecule has 0 bridgehead atoms. The van der Waals surface area contributed by atoms with E-state index in [1.807, 2.05) is 12.1 Å². The number of piperidine rings is 1. The van der Waals surface area contributed by atoms with Crippen LogP contribution in [0.1, 0.15) is 40.7 Å². The van der Waals surface area contributed by atoms with Gasteiger partial charge in [0.15, 0.2) is 0 Å². The van der Waals surface area contributed by atoms with Crippen LogP contribution in [0.5, 0.6) is 0 Å². The van der Waals surface area contributed by atoms with Crippen molar-refractivity contribution in [3.8, 4) is 0 Å². The van der Waals surface area contributed by atoms with Gasteiger partial charge in [-0.15, -0.1) is 0 Å². The summed E-state index contributed by atoms with van der Waals surface area (Å²) in [6.45, 7) is 3.26. The zero-order valence-electron chi connectivity index (χ0n) is 16.2. The van der Waals surface area contributed by atoms with Crippen LogP contribution >= 0.6 is 11.6 Å². The number of carbonyl (C=O) groups excluding carboxylic acids is 1. The van der Waals surface area contributed by atoms with Crippen molar-refractivity contribution in [2.45, 2.75) is 37.6 Å². The number of nitrogens with zero attached hydrogens (tertiary/aromatic N) is 2. The Balaban J connectivity index is 1.83. The van der Waals surface area contributed by atoms with Crippen molar-refractivity contribution < 1.29 is 13.2 Å². The second kappa shape index (κ2) is 8.64. The molecule has 0 radical (unpaired) electrons. The first-order valence-corrected chi connectivity index (χ1v) is 11.2. The molecule has 2 aromatic rings. The number of rotatable bonds is 5. The molecule has 3 rings (SSSR count). The maximum Gasteiger partial charge on any atom is 0.253 e. The molecule has 0 spiro atoms. The Labute approximate surface area is 172 Å². The summed E-state index contributed by atoms with van der Waals surface area (Å²) in [5.74, 6) is -0.218. The molecule has 150 valence electrons. The van der Waals surface area contributed by atoms with Gasteiger partial charge in [0, 0.05) is 37.3 Å². The Morgan fingerprint density at radius 1 is 1.07 bits per heavy atom. The normalized spacial score (nSPS) is 15.4. The van der Waals surface area contributed by atoms with Crippen molar-refractivity contribution in [1.29, 1.82) is 0 Å². The van der Waals surface area contributed by atoms with Gasteiger partial charge in [0.2, 0.25) is 10.0 Å². The Morgan fingerprint density at radius 2 is 1.71 bits per heavy atom. The molecule has 1 aliphatic heterocycles. The summed E-state index contributed by atoms with van der Waals surface area (Å²) in [7, 11) is -1.89. The van der Waals surface area contributed by atoms with Crippen LogP contribution in [0.15, 0.2) is 47.4 Å². The third-order valence-electron chi connectivity index (χ3n) is 5.05. The van der Waals surface area contributed by atoms with E-state index in [1.54, 1.807) is 43.1 Å². The largest absolute Gasteiger partial charge is 0.337 e. The lowest BCUT2D eigenvalue weighted by atomic mass is 10.1. The van der Waals surface area contributed by atoms with Gasteiger partial charge in [-0.1, -0.05) is 36.2 Å². The number of carbonyl (C=O) groups is 1. The number of amides is 1. The molecule has 7 heteroatoms. The van der Waals surface area contributed by atoms with Crippen LogP contribution in [0.2, 0.25) is 5.02 Å². The van der Waals surface area contributed by atoms with E-state index < -0.39 is 10.0 Å². The molecule has 1 heterocycles. The summed E-state index contributed by atoms with van der Waals surface area (Å²) >= 11 is 5.90. The fraction of sp³-hybridized carbons (Fsp3) is 0.381. The van der Waals surface area contributed by atoms with Gasteiger partial charge >= 0.3 is 0 Å². The van der Waals surface area contributed by atoms with E-state index in [4.69, 9.17) is 11.6 Å². The molecule has 0 unspecified atom stereocenters. The maximum atomic E-state index is 13.1. The van der Waals surface area contributed by atoms with E-state index in [0.717, 1.165) is 24.8 Å². The Hall–Kier alpha value is -1.89. The number of hydrogen-bond acceptors (Lipinski definition) is 3. The third kappa shape index (κ3) is 4.57. The number of hydrogen-bond donors (Lipinski definition) is 0. The maximum absolute atomic E-state index is 13.1. The van der Waals surface area contributed by atoms with E-state index in [-0.39, 0.29) is 10.8 Å². The van der Waals surface area contributed by atoms with Crippen LogP contribution in [0.25, 0.3) is 0 Å². The summed E-state index contributed by atoms with van der Waals surface area (Å²) in [5, 5.41) is 0.642. The number of halogens is 1.